The molecule has 9 heteroatoms. The summed E-state index contributed by atoms with van der Waals surface area (Å²) in [5, 5.41) is 6.37. The summed E-state index contributed by atoms with van der Waals surface area (Å²) in [7, 11) is 1.71. The molecule has 1 unspecified atom stereocenters. The van der Waals surface area contributed by atoms with Crippen molar-refractivity contribution in [2.24, 2.45) is 0 Å². The van der Waals surface area contributed by atoms with Gasteiger partial charge in [0.15, 0.2) is 0 Å². The molecule has 6 nitrogen and oxygen atoms in total. The number of amides is 1. The third-order valence-electron chi connectivity index (χ3n) is 3.36. The molecular weight excluding hydrogens is 277 g/mol. The lowest BCUT2D eigenvalue weighted by atomic mass is 10.2. The highest BCUT2D eigenvalue weighted by molar-refractivity contribution is 5.73. The van der Waals surface area contributed by atoms with Crippen LogP contribution in [0.1, 0.15) is 25.1 Å². The van der Waals surface area contributed by atoms with Crippen molar-refractivity contribution in [1.29, 1.82) is 0 Å². The summed E-state index contributed by atoms with van der Waals surface area (Å²) < 4.78 is 41.5. The number of likely N-dealkylation sites (N-methyl/N-ethyl adjacent to an activating group) is 1. The van der Waals surface area contributed by atoms with Crippen LogP contribution in [0.3, 0.4) is 0 Å². The van der Waals surface area contributed by atoms with Gasteiger partial charge in [-0.25, -0.2) is 0 Å². The fourth-order valence-corrected chi connectivity index (χ4v) is 2.15. The molecule has 1 atom stereocenters. The van der Waals surface area contributed by atoms with Crippen molar-refractivity contribution in [2.75, 3.05) is 20.1 Å². The van der Waals surface area contributed by atoms with E-state index in [1.807, 2.05) is 4.90 Å². The molecular formula is C11H15F3N4O2. The van der Waals surface area contributed by atoms with Crippen molar-refractivity contribution < 1.29 is 22.4 Å². The third kappa shape index (κ3) is 3.27. The van der Waals surface area contributed by atoms with Gasteiger partial charge in [0, 0.05) is 33.1 Å². The molecule has 1 aliphatic rings. The van der Waals surface area contributed by atoms with Crippen molar-refractivity contribution >= 4 is 5.91 Å². The Hall–Kier alpha value is -1.64. The van der Waals surface area contributed by atoms with Gasteiger partial charge in [-0.3, -0.25) is 9.69 Å². The Kier molecular flexibility index (Phi) is 3.98. The molecule has 1 aromatic rings. The summed E-state index contributed by atoms with van der Waals surface area (Å²) in [6.07, 6.45) is -3.84. The zero-order valence-electron chi connectivity index (χ0n) is 11.1. The number of nitrogens with zero attached hydrogens (tertiary/aromatic N) is 4. The molecule has 112 valence electrons. The molecule has 0 radical (unpaired) electrons. The van der Waals surface area contributed by atoms with E-state index in [2.05, 4.69) is 14.6 Å². The van der Waals surface area contributed by atoms with E-state index in [9.17, 15) is 18.0 Å². The number of hydrogen-bond donors (Lipinski definition) is 0. The minimum atomic E-state index is -4.62. The van der Waals surface area contributed by atoms with Crippen molar-refractivity contribution in [3.05, 3.63) is 11.8 Å². The summed E-state index contributed by atoms with van der Waals surface area (Å²) in [6.45, 7) is 2.90. The van der Waals surface area contributed by atoms with Crippen LogP contribution in [0.4, 0.5) is 13.2 Å². The first-order valence-corrected chi connectivity index (χ1v) is 6.12. The monoisotopic (exact) mass is 292 g/mol. The maximum Gasteiger partial charge on any atom is 0.470 e. The van der Waals surface area contributed by atoms with E-state index in [1.54, 1.807) is 11.9 Å². The first-order chi connectivity index (χ1) is 9.27. The summed E-state index contributed by atoms with van der Waals surface area (Å²) in [4.78, 5) is 14.8. The maximum atomic E-state index is 12.3. The number of carbonyl (C=O) groups is 1. The number of carbonyl (C=O) groups excluding carboxylic acids is 1. The first-order valence-electron chi connectivity index (χ1n) is 6.12. The van der Waals surface area contributed by atoms with Crippen LogP contribution in [0.25, 0.3) is 0 Å². The molecule has 0 saturated carbocycles. The fraction of sp³-hybridized carbons (Fsp3) is 0.727. The Bertz CT molecular complexity index is 488. The van der Waals surface area contributed by atoms with Crippen molar-refractivity contribution in [2.45, 2.75) is 32.1 Å². The van der Waals surface area contributed by atoms with Crippen LogP contribution >= 0.6 is 0 Å². The molecule has 2 rings (SSSR count). The van der Waals surface area contributed by atoms with Gasteiger partial charge in [-0.05, 0) is 6.42 Å². The van der Waals surface area contributed by atoms with Crippen molar-refractivity contribution in [1.82, 2.24) is 20.0 Å². The maximum absolute atomic E-state index is 12.3. The average Bonchev–Trinajstić information content (AvgIpc) is 2.96. The molecule has 2 heterocycles. The molecule has 1 fully saturated rings. The van der Waals surface area contributed by atoms with Gasteiger partial charge in [-0.2, -0.15) is 13.2 Å². The summed E-state index contributed by atoms with van der Waals surface area (Å²) in [5.74, 6) is -1.43. The topological polar surface area (TPSA) is 62.5 Å². The van der Waals surface area contributed by atoms with E-state index in [0.29, 0.717) is 13.1 Å². The van der Waals surface area contributed by atoms with Gasteiger partial charge in [0.25, 0.3) is 0 Å². The molecule has 1 amide bonds. The molecule has 0 aliphatic carbocycles. The molecule has 0 bridgehead atoms. The van der Waals surface area contributed by atoms with E-state index >= 15 is 0 Å². The minimum Gasteiger partial charge on any atom is -0.416 e. The predicted molar refractivity (Wildman–Crippen MR) is 61.4 cm³/mol. The van der Waals surface area contributed by atoms with Crippen LogP contribution in [-0.4, -0.2) is 52.1 Å². The second-order valence-corrected chi connectivity index (χ2v) is 4.81. The molecule has 1 aromatic heterocycles. The number of aromatic nitrogens is 2. The Morgan fingerprint density at radius 1 is 1.50 bits per heavy atom. The number of halogens is 3. The highest BCUT2D eigenvalue weighted by atomic mass is 19.4. The summed E-state index contributed by atoms with van der Waals surface area (Å²) in [6, 6.07) is 0.0671. The quantitative estimate of drug-likeness (QED) is 0.836. The largest absolute Gasteiger partial charge is 0.470 e. The normalized spacial score (nSPS) is 20.4. The van der Waals surface area contributed by atoms with Crippen molar-refractivity contribution in [3.8, 4) is 0 Å². The van der Waals surface area contributed by atoms with Gasteiger partial charge < -0.3 is 9.32 Å². The van der Waals surface area contributed by atoms with Gasteiger partial charge in [0.05, 0.1) is 6.54 Å². The molecule has 20 heavy (non-hydrogen) atoms. The van der Waals surface area contributed by atoms with Crippen LogP contribution in [0.5, 0.6) is 0 Å². The lowest BCUT2D eigenvalue weighted by Gasteiger charge is -2.23. The molecule has 1 saturated heterocycles. The van der Waals surface area contributed by atoms with E-state index in [1.165, 1.54) is 6.92 Å². The number of alkyl halides is 3. The molecule has 0 spiro atoms. The summed E-state index contributed by atoms with van der Waals surface area (Å²) >= 11 is 0. The lowest BCUT2D eigenvalue weighted by Crippen LogP contribution is -2.37. The Morgan fingerprint density at radius 3 is 2.75 bits per heavy atom. The molecule has 1 aliphatic heterocycles. The highest BCUT2D eigenvalue weighted by Gasteiger charge is 2.38. The summed E-state index contributed by atoms with van der Waals surface area (Å²) in [5.41, 5.74) is 0. The van der Waals surface area contributed by atoms with Gasteiger partial charge in [0.1, 0.15) is 0 Å². The highest BCUT2D eigenvalue weighted by Crippen LogP contribution is 2.28. The Morgan fingerprint density at radius 2 is 2.20 bits per heavy atom. The van der Waals surface area contributed by atoms with E-state index in [0.717, 1.165) is 6.42 Å². The van der Waals surface area contributed by atoms with Crippen LogP contribution in [0, 0.1) is 0 Å². The third-order valence-corrected chi connectivity index (χ3v) is 3.36. The van der Waals surface area contributed by atoms with Crippen LogP contribution < -0.4 is 0 Å². The fourth-order valence-electron chi connectivity index (χ4n) is 2.15. The van der Waals surface area contributed by atoms with Crippen LogP contribution in [-0.2, 0) is 17.5 Å². The smallest absolute Gasteiger partial charge is 0.416 e. The van der Waals surface area contributed by atoms with Crippen LogP contribution in [0.15, 0.2) is 4.42 Å². The average molecular weight is 292 g/mol. The SMILES string of the molecule is CC(=O)N(C)C1CCN(Cc2nnc(C(F)(F)F)o2)C1. The van der Waals surface area contributed by atoms with E-state index in [-0.39, 0.29) is 24.4 Å². The Labute approximate surface area is 113 Å². The second-order valence-electron chi connectivity index (χ2n) is 4.81. The number of rotatable bonds is 3. The zero-order valence-corrected chi connectivity index (χ0v) is 11.1. The van der Waals surface area contributed by atoms with Gasteiger partial charge in [0.2, 0.25) is 11.8 Å². The molecule has 0 N–H and O–H groups in total. The van der Waals surface area contributed by atoms with Gasteiger partial charge in [-0.1, -0.05) is 0 Å². The second kappa shape index (κ2) is 5.39. The zero-order chi connectivity index (χ0) is 14.9. The molecule has 0 aromatic carbocycles. The van der Waals surface area contributed by atoms with Gasteiger partial charge in [-0.15, -0.1) is 10.2 Å². The Balaban J connectivity index is 1.92. The minimum absolute atomic E-state index is 0.0333. The van der Waals surface area contributed by atoms with Crippen molar-refractivity contribution in [3.63, 3.8) is 0 Å². The lowest BCUT2D eigenvalue weighted by molar-refractivity contribution is -0.157. The standard InChI is InChI=1S/C11H15F3N4O2/c1-7(19)17(2)8-3-4-18(5-8)6-9-15-16-10(20-9)11(12,13)14/h8H,3-6H2,1-2H3. The van der Waals surface area contributed by atoms with Crippen LogP contribution in [0.2, 0.25) is 0 Å². The van der Waals surface area contributed by atoms with E-state index < -0.39 is 12.1 Å². The first kappa shape index (κ1) is 14.8. The number of likely N-dealkylation sites (tertiary alicyclic amines) is 1. The predicted octanol–water partition coefficient (Wildman–Crippen LogP) is 1.14. The van der Waals surface area contributed by atoms with E-state index in [4.69, 9.17) is 0 Å². The van der Waals surface area contributed by atoms with Gasteiger partial charge >= 0.3 is 12.1 Å². The number of hydrogen-bond acceptors (Lipinski definition) is 5.